The summed E-state index contributed by atoms with van der Waals surface area (Å²) in [6, 6.07) is 3.91. The number of nitrogens with one attached hydrogen (secondary N) is 1. The highest BCUT2D eigenvalue weighted by molar-refractivity contribution is 5.97. The van der Waals surface area contributed by atoms with Crippen LogP contribution in [0.2, 0.25) is 0 Å². The van der Waals surface area contributed by atoms with Crippen molar-refractivity contribution in [3.63, 3.8) is 0 Å². The van der Waals surface area contributed by atoms with Gasteiger partial charge in [-0.1, -0.05) is 6.07 Å². The molecule has 1 aromatic rings. The van der Waals surface area contributed by atoms with Crippen molar-refractivity contribution < 1.29 is 9.53 Å². The number of nitrogens with two attached hydrogens (primary N) is 1. The molecule has 0 aliphatic heterocycles. The van der Waals surface area contributed by atoms with Crippen LogP contribution in [0.5, 0.6) is 5.75 Å². The van der Waals surface area contributed by atoms with E-state index >= 15 is 0 Å². The summed E-state index contributed by atoms with van der Waals surface area (Å²) in [7, 11) is 1.60. The van der Waals surface area contributed by atoms with Gasteiger partial charge in [-0.2, -0.15) is 0 Å². The maximum atomic E-state index is 12.1. The van der Waals surface area contributed by atoms with E-state index in [1.807, 2.05) is 39.8 Å². The minimum absolute atomic E-state index is 0.102. The normalized spacial score (nSPS) is 11.2. The van der Waals surface area contributed by atoms with Crippen LogP contribution in [0, 0.1) is 19.3 Å². The van der Waals surface area contributed by atoms with Crippen molar-refractivity contribution in [2.24, 2.45) is 11.1 Å². The summed E-state index contributed by atoms with van der Waals surface area (Å²) in [5.41, 5.74) is 7.80. The highest BCUT2D eigenvalue weighted by atomic mass is 16.5. The first kappa shape index (κ1) is 14.5. The van der Waals surface area contributed by atoms with Gasteiger partial charge in [0.15, 0.2) is 0 Å². The second kappa shape index (κ2) is 5.40. The van der Waals surface area contributed by atoms with Crippen molar-refractivity contribution in [2.75, 3.05) is 19.0 Å². The molecule has 0 saturated carbocycles. The molecule has 0 radical (unpaired) electrons. The number of hydrogen-bond acceptors (Lipinski definition) is 3. The lowest BCUT2D eigenvalue weighted by molar-refractivity contribution is -0.123. The minimum Gasteiger partial charge on any atom is -0.495 e. The number of hydrogen-bond donors (Lipinski definition) is 2. The predicted octanol–water partition coefficient (Wildman–Crippen LogP) is 2.24. The lowest BCUT2D eigenvalue weighted by atomic mass is 9.92. The molecule has 18 heavy (non-hydrogen) atoms. The third-order valence-corrected chi connectivity index (χ3v) is 3.03. The van der Waals surface area contributed by atoms with Crippen LogP contribution in [-0.4, -0.2) is 19.6 Å². The molecule has 1 aromatic carbocycles. The van der Waals surface area contributed by atoms with Crippen molar-refractivity contribution in [2.45, 2.75) is 27.7 Å². The zero-order valence-electron chi connectivity index (χ0n) is 11.8. The number of carbonyl (C=O) groups is 1. The number of ether oxygens (including phenoxy) is 1. The van der Waals surface area contributed by atoms with E-state index < -0.39 is 5.41 Å². The van der Waals surface area contributed by atoms with Crippen LogP contribution in [0.4, 0.5) is 5.69 Å². The molecular formula is C14H22N2O2. The van der Waals surface area contributed by atoms with Crippen molar-refractivity contribution in [3.05, 3.63) is 23.3 Å². The molecule has 100 valence electrons. The van der Waals surface area contributed by atoms with Crippen LogP contribution >= 0.6 is 0 Å². The van der Waals surface area contributed by atoms with Gasteiger partial charge in [0.1, 0.15) is 5.75 Å². The molecule has 0 aliphatic rings. The van der Waals surface area contributed by atoms with Crippen molar-refractivity contribution in [1.82, 2.24) is 0 Å². The smallest absolute Gasteiger partial charge is 0.231 e. The summed E-state index contributed by atoms with van der Waals surface area (Å²) in [6.45, 7) is 7.87. The highest BCUT2D eigenvalue weighted by Gasteiger charge is 2.27. The quantitative estimate of drug-likeness (QED) is 0.861. The van der Waals surface area contributed by atoms with Gasteiger partial charge >= 0.3 is 0 Å². The van der Waals surface area contributed by atoms with E-state index in [-0.39, 0.29) is 5.91 Å². The van der Waals surface area contributed by atoms with Gasteiger partial charge in [0.2, 0.25) is 5.91 Å². The first-order valence-electron chi connectivity index (χ1n) is 5.98. The Morgan fingerprint density at radius 1 is 1.39 bits per heavy atom. The van der Waals surface area contributed by atoms with Gasteiger partial charge in [-0.15, -0.1) is 0 Å². The predicted molar refractivity (Wildman–Crippen MR) is 73.9 cm³/mol. The second-order valence-electron chi connectivity index (χ2n) is 5.20. The summed E-state index contributed by atoms with van der Waals surface area (Å²) >= 11 is 0. The molecule has 0 aliphatic carbocycles. The van der Waals surface area contributed by atoms with E-state index in [4.69, 9.17) is 10.5 Å². The van der Waals surface area contributed by atoms with E-state index in [2.05, 4.69) is 5.32 Å². The van der Waals surface area contributed by atoms with E-state index in [0.29, 0.717) is 12.3 Å². The van der Waals surface area contributed by atoms with Crippen molar-refractivity contribution in [1.29, 1.82) is 0 Å². The molecule has 1 rings (SSSR count). The Labute approximate surface area is 109 Å². The summed E-state index contributed by atoms with van der Waals surface area (Å²) in [6.07, 6.45) is 0. The van der Waals surface area contributed by atoms with E-state index in [1.165, 1.54) is 0 Å². The average molecular weight is 250 g/mol. The molecule has 0 fully saturated rings. The number of methoxy groups -OCH3 is 1. The SMILES string of the molecule is COc1cc(C)cc(C)c1NC(=O)C(C)(C)CN. The van der Waals surface area contributed by atoms with E-state index in [9.17, 15) is 4.79 Å². The molecule has 3 N–H and O–H groups in total. The number of carbonyl (C=O) groups excluding carboxylic acids is 1. The molecule has 0 bridgehead atoms. The number of aryl methyl sites for hydroxylation is 2. The Balaban J connectivity index is 3.08. The molecule has 0 atom stereocenters. The topological polar surface area (TPSA) is 64.3 Å². The van der Waals surface area contributed by atoms with Crippen molar-refractivity contribution >= 4 is 11.6 Å². The Hall–Kier alpha value is -1.55. The molecule has 0 spiro atoms. The Morgan fingerprint density at radius 2 is 2.00 bits per heavy atom. The third-order valence-electron chi connectivity index (χ3n) is 3.03. The van der Waals surface area contributed by atoms with Gasteiger partial charge < -0.3 is 15.8 Å². The minimum atomic E-state index is -0.595. The standard InChI is InChI=1S/C14H22N2O2/c1-9-6-10(2)12(11(7-9)18-5)16-13(17)14(3,4)8-15/h6-7H,8,15H2,1-5H3,(H,16,17). The molecule has 0 heterocycles. The molecular weight excluding hydrogens is 228 g/mol. The molecule has 1 amide bonds. The summed E-state index contributed by atoms with van der Waals surface area (Å²) < 4.78 is 5.31. The number of anilines is 1. The van der Waals surface area contributed by atoms with Crippen LogP contribution in [-0.2, 0) is 4.79 Å². The van der Waals surface area contributed by atoms with Gasteiger partial charge in [-0.25, -0.2) is 0 Å². The number of amides is 1. The Kier molecular flexibility index (Phi) is 4.35. The van der Waals surface area contributed by atoms with Crippen LogP contribution < -0.4 is 15.8 Å². The maximum absolute atomic E-state index is 12.1. The lowest BCUT2D eigenvalue weighted by Crippen LogP contribution is -2.37. The monoisotopic (exact) mass is 250 g/mol. The molecule has 0 unspecified atom stereocenters. The van der Waals surface area contributed by atoms with Crippen molar-refractivity contribution in [3.8, 4) is 5.75 Å². The first-order chi connectivity index (χ1) is 8.31. The lowest BCUT2D eigenvalue weighted by Gasteiger charge is -2.23. The number of rotatable bonds is 4. The second-order valence-corrected chi connectivity index (χ2v) is 5.20. The third kappa shape index (κ3) is 3.01. The van der Waals surface area contributed by atoms with Gasteiger partial charge in [0.25, 0.3) is 0 Å². The number of benzene rings is 1. The zero-order valence-corrected chi connectivity index (χ0v) is 11.8. The van der Waals surface area contributed by atoms with E-state index in [1.54, 1.807) is 7.11 Å². The fraction of sp³-hybridized carbons (Fsp3) is 0.500. The van der Waals surface area contributed by atoms with Gasteiger partial charge in [-0.3, -0.25) is 4.79 Å². The van der Waals surface area contributed by atoms with Crippen LogP contribution in [0.3, 0.4) is 0 Å². The van der Waals surface area contributed by atoms with Gasteiger partial charge in [-0.05, 0) is 44.9 Å². The first-order valence-corrected chi connectivity index (χ1v) is 5.98. The van der Waals surface area contributed by atoms with Crippen LogP contribution in [0.1, 0.15) is 25.0 Å². The Bertz CT molecular complexity index is 453. The largest absolute Gasteiger partial charge is 0.495 e. The van der Waals surface area contributed by atoms with Crippen LogP contribution in [0.25, 0.3) is 0 Å². The zero-order chi connectivity index (χ0) is 13.9. The maximum Gasteiger partial charge on any atom is 0.231 e. The Morgan fingerprint density at radius 3 is 2.50 bits per heavy atom. The summed E-state index contributed by atoms with van der Waals surface area (Å²) in [5, 5.41) is 2.90. The van der Waals surface area contributed by atoms with Gasteiger partial charge in [0, 0.05) is 6.54 Å². The fourth-order valence-corrected chi connectivity index (χ4v) is 1.63. The molecule has 0 aromatic heterocycles. The highest BCUT2D eigenvalue weighted by Crippen LogP contribution is 2.31. The fourth-order valence-electron chi connectivity index (χ4n) is 1.63. The average Bonchev–Trinajstić information content (AvgIpc) is 2.31. The molecule has 0 saturated heterocycles. The summed E-state index contributed by atoms with van der Waals surface area (Å²) in [5.74, 6) is 0.573. The molecule has 4 nitrogen and oxygen atoms in total. The van der Waals surface area contributed by atoms with Crippen LogP contribution in [0.15, 0.2) is 12.1 Å². The van der Waals surface area contributed by atoms with E-state index in [0.717, 1.165) is 16.8 Å². The van der Waals surface area contributed by atoms with Gasteiger partial charge in [0.05, 0.1) is 18.2 Å². The molecule has 4 heteroatoms. The summed E-state index contributed by atoms with van der Waals surface area (Å²) in [4.78, 5) is 12.1.